The number of hydrogen-bond donors (Lipinski definition) is 0. The molecule has 1 saturated carbocycles. The van der Waals surface area contributed by atoms with Crippen molar-refractivity contribution in [2.75, 3.05) is 25.6 Å². The molecule has 5 heteroatoms. The lowest BCUT2D eigenvalue weighted by atomic mass is 9.94. The van der Waals surface area contributed by atoms with Crippen LogP contribution in [0.1, 0.15) is 38.5 Å². The predicted molar refractivity (Wildman–Crippen MR) is 93.1 cm³/mol. The zero-order valence-corrected chi connectivity index (χ0v) is 14.5. The highest BCUT2D eigenvalue weighted by Crippen LogP contribution is 2.32. The van der Waals surface area contributed by atoms with Gasteiger partial charge in [-0.05, 0) is 31.4 Å². The van der Waals surface area contributed by atoms with E-state index in [9.17, 15) is 9.59 Å². The van der Waals surface area contributed by atoms with Crippen LogP contribution in [0, 0.1) is 5.92 Å². The predicted octanol–water partition coefficient (Wildman–Crippen LogP) is 2.84. The molecule has 24 heavy (non-hydrogen) atoms. The minimum atomic E-state index is -0.554. The van der Waals surface area contributed by atoms with E-state index in [-0.39, 0.29) is 11.8 Å². The van der Waals surface area contributed by atoms with Crippen molar-refractivity contribution in [3.05, 3.63) is 24.3 Å². The standard InChI is InChI=1S/C19H26N2O3/c1-20(16-10-6-7-11-17(16)24-2)18(22)15-12-13-21(19(15)23)14-8-4-3-5-9-14/h6-7,10-11,14-15H,3-5,8-9,12-13H2,1-2H3. The van der Waals surface area contributed by atoms with E-state index in [2.05, 4.69) is 0 Å². The molecule has 1 saturated heterocycles. The summed E-state index contributed by atoms with van der Waals surface area (Å²) in [6.45, 7) is 0.708. The summed E-state index contributed by atoms with van der Waals surface area (Å²) in [5.41, 5.74) is 0.703. The third kappa shape index (κ3) is 3.12. The summed E-state index contributed by atoms with van der Waals surface area (Å²) in [4.78, 5) is 29.2. The van der Waals surface area contributed by atoms with Crippen molar-refractivity contribution in [1.82, 2.24) is 4.90 Å². The summed E-state index contributed by atoms with van der Waals surface area (Å²) in [5, 5.41) is 0. The van der Waals surface area contributed by atoms with E-state index in [0.29, 0.717) is 30.4 Å². The number of para-hydroxylation sites is 2. The first-order valence-electron chi connectivity index (χ1n) is 8.84. The van der Waals surface area contributed by atoms with Crippen LogP contribution in [0.3, 0.4) is 0 Å². The van der Waals surface area contributed by atoms with Gasteiger partial charge in [0.15, 0.2) is 0 Å². The molecule has 5 nitrogen and oxygen atoms in total. The van der Waals surface area contributed by atoms with E-state index in [4.69, 9.17) is 4.74 Å². The van der Waals surface area contributed by atoms with Crippen LogP contribution in [-0.4, -0.2) is 43.5 Å². The van der Waals surface area contributed by atoms with Gasteiger partial charge < -0.3 is 14.5 Å². The van der Waals surface area contributed by atoms with Gasteiger partial charge in [-0.2, -0.15) is 0 Å². The van der Waals surface area contributed by atoms with Crippen molar-refractivity contribution in [1.29, 1.82) is 0 Å². The molecular formula is C19H26N2O3. The number of carbonyl (C=O) groups excluding carboxylic acids is 2. The fourth-order valence-corrected chi connectivity index (χ4v) is 3.95. The van der Waals surface area contributed by atoms with Crippen molar-refractivity contribution >= 4 is 17.5 Å². The Morgan fingerprint density at radius 3 is 2.58 bits per heavy atom. The van der Waals surface area contributed by atoms with Crippen LogP contribution in [0.25, 0.3) is 0 Å². The van der Waals surface area contributed by atoms with Gasteiger partial charge in [-0.3, -0.25) is 9.59 Å². The molecule has 1 aliphatic heterocycles. The van der Waals surface area contributed by atoms with Crippen molar-refractivity contribution in [2.24, 2.45) is 5.92 Å². The molecule has 1 heterocycles. The van der Waals surface area contributed by atoms with Gasteiger partial charge in [-0.25, -0.2) is 0 Å². The number of nitrogens with zero attached hydrogens (tertiary/aromatic N) is 2. The topological polar surface area (TPSA) is 49.9 Å². The Kier molecular flexibility index (Phi) is 5.07. The van der Waals surface area contributed by atoms with Gasteiger partial charge in [0.2, 0.25) is 11.8 Å². The van der Waals surface area contributed by atoms with Crippen LogP contribution in [0.15, 0.2) is 24.3 Å². The zero-order chi connectivity index (χ0) is 17.1. The van der Waals surface area contributed by atoms with Crippen LogP contribution >= 0.6 is 0 Å². The molecule has 1 unspecified atom stereocenters. The second-order valence-electron chi connectivity index (χ2n) is 6.73. The van der Waals surface area contributed by atoms with Gasteiger partial charge in [0.25, 0.3) is 0 Å². The van der Waals surface area contributed by atoms with Crippen LogP contribution < -0.4 is 9.64 Å². The summed E-state index contributed by atoms with van der Waals surface area (Å²) in [6.07, 6.45) is 6.41. The number of anilines is 1. The van der Waals surface area contributed by atoms with Gasteiger partial charge >= 0.3 is 0 Å². The summed E-state index contributed by atoms with van der Waals surface area (Å²) < 4.78 is 5.33. The molecule has 2 aliphatic rings. The first-order valence-corrected chi connectivity index (χ1v) is 8.84. The smallest absolute Gasteiger partial charge is 0.239 e. The molecule has 2 amide bonds. The molecule has 0 aromatic heterocycles. The molecule has 0 N–H and O–H groups in total. The Balaban J connectivity index is 1.72. The normalized spacial score (nSPS) is 21.8. The lowest BCUT2D eigenvalue weighted by Crippen LogP contribution is -2.42. The highest BCUT2D eigenvalue weighted by atomic mass is 16.5. The molecule has 1 atom stereocenters. The number of rotatable bonds is 4. The highest BCUT2D eigenvalue weighted by Gasteiger charge is 2.41. The molecule has 2 fully saturated rings. The maximum Gasteiger partial charge on any atom is 0.239 e. The number of ether oxygens (including phenoxy) is 1. The molecule has 0 radical (unpaired) electrons. The maximum absolute atomic E-state index is 12.9. The molecular weight excluding hydrogens is 304 g/mol. The fraction of sp³-hybridized carbons (Fsp3) is 0.579. The maximum atomic E-state index is 12.9. The molecule has 1 aromatic rings. The second-order valence-corrected chi connectivity index (χ2v) is 6.73. The second kappa shape index (κ2) is 7.24. The summed E-state index contributed by atoms with van der Waals surface area (Å²) in [6, 6.07) is 7.73. The molecule has 0 spiro atoms. The van der Waals surface area contributed by atoms with E-state index in [1.54, 1.807) is 19.1 Å². The zero-order valence-electron chi connectivity index (χ0n) is 14.5. The van der Waals surface area contributed by atoms with E-state index < -0.39 is 5.92 Å². The van der Waals surface area contributed by atoms with Gasteiger partial charge in [-0.1, -0.05) is 31.4 Å². The molecule has 130 valence electrons. The Bertz CT molecular complexity index is 610. The van der Waals surface area contributed by atoms with E-state index in [1.807, 2.05) is 29.2 Å². The van der Waals surface area contributed by atoms with Crippen molar-refractivity contribution in [3.8, 4) is 5.75 Å². The summed E-state index contributed by atoms with van der Waals surface area (Å²) in [5.74, 6) is -0.0405. The molecule has 3 rings (SSSR count). The molecule has 1 aliphatic carbocycles. The molecule has 0 bridgehead atoms. The quantitative estimate of drug-likeness (QED) is 0.798. The van der Waals surface area contributed by atoms with Crippen molar-refractivity contribution in [2.45, 2.75) is 44.6 Å². The minimum absolute atomic E-state index is 0.00801. The highest BCUT2D eigenvalue weighted by molar-refractivity contribution is 6.09. The number of likely N-dealkylation sites (tertiary alicyclic amines) is 1. The van der Waals surface area contributed by atoms with Gasteiger partial charge in [0.1, 0.15) is 11.7 Å². The minimum Gasteiger partial charge on any atom is -0.495 e. The van der Waals surface area contributed by atoms with E-state index in [1.165, 1.54) is 19.3 Å². The third-order valence-electron chi connectivity index (χ3n) is 5.33. The fourth-order valence-electron chi connectivity index (χ4n) is 3.95. The SMILES string of the molecule is COc1ccccc1N(C)C(=O)C1CCN(C2CCCCC2)C1=O. The van der Waals surface area contributed by atoms with Gasteiger partial charge in [0, 0.05) is 19.6 Å². The largest absolute Gasteiger partial charge is 0.495 e. The van der Waals surface area contributed by atoms with E-state index >= 15 is 0 Å². The average molecular weight is 330 g/mol. The lowest BCUT2D eigenvalue weighted by Gasteiger charge is -2.31. The third-order valence-corrected chi connectivity index (χ3v) is 5.33. The Morgan fingerprint density at radius 2 is 1.88 bits per heavy atom. The summed E-state index contributed by atoms with van der Waals surface area (Å²) >= 11 is 0. The van der Waals surface area contributed by atoms with Crippen molar-refractivity contribution < 1.29 is 14.3 Å². The van der Waals surface area contributed by atoms with Crippen LogP contribution in [0.2, 0.25) is 0 Å². The Labute approximate surface area is 143 Å². The van der Waals surface area contributed by atoms with E-state index in [0.717, 1.165) is 12.8 Å². The van der Waals surface area contributed by atoms with Crippen LogP contribution in [-0.2, 0) is 9.59 Å². The number of methoxy groups -OCH3 is 1. The number of benzene rings is 1. The average Bonchev–Trinajstić information content (AvgIpc) is 3.02. The first-order chi connectivity index (χ1) is 11.6. The Morgan fingerprint density at radius 1 is 1.17 bits per heavy atom. The van der Waals surface area contributed by atoms with Gasteiger partial charge in [-0.15, -0.1) is 0 Å². The first kappa shape index (κ1) is 16.8. The lowest BCUT2D eigenvalue weighted by molar-refractivity contribution is -0.138. The van der Waals surface area contributed by atoms with Crippen LogP contribution in [0.4, 0.5) is 5.69 Å². The van der Waals surface area contributed by atoms with Crippen LogP contribution in [0.5, 0.6) is 5.75 Å². The summed E-state index contributed by atoms with van der Waals surface area (Å²) in [7, 11) is 3.30. The number of carbonyl (C=O) groups is 2. The number of amides is 2. The Hall–Kier alpha value is -2.04. The molecule has 1 aromatic carbocycles. The monoisotopic (exact) mass is 330 g/mol. The van der Waals surface area contributed by atoms with Gasteiger partial charge in [0.05, 0.1) is 12.8 Å². The number of hydrogen-bond acceptors (Lipinski definition) is 3. The van der Waals surface area contributed by atoms with Crippen molar-refractivity contribution in [3.63, 3.8) is 0 Å².